The highest BCUT2D eigenvalue weighted by atomic mass is 16.4. The number of benzene rings is 2. The predicted molar refractivity (Wildman–Crippen MR) is 111 cm³/mol. The number of pyridine rings is 1. The molecule has 27 heavy (non-hydrogen) atoms. The van der Waals surface area contributed by atoms with E-state index in [1.165, 1.54) is 18.4 Å². The van der Waals surface area contributed by atoms with Crippen molar-refractivity contribution in [2.45, 2.75) is 32.6 Å². The molecule has 0 aliphatic heterocycles. The number of carbonyl (C=O) groups is 1. The number of aromatic carboxylic acids is 1. The third-order valence-corrected chi connectivity index (χ3v) is 4.04. The van der Waals surface area contributed by atoms with Gasteiger partial charge in [-0.2, -0.15) is 0 Å². The van der Waals surface area contributed by atoms with Gasteiger partial charge in [-0.1, -0.05) is 56.3 Å². The summed E-state index contributed by atoms with van der Waals surface area (Å²) in [6.45, 7) is 4.00. The van der Waals surface area contributed by atoms with Gasteiger partial charge in [-0.3, -0.25) is 4.98 Å². The molecule has 0 spiro atoms. The zero-order chi connectivity index (χ0) is 19.6. The molecule has 3 N–H and O–H groups in total. The molecule has 0 amide bonds. The van der Waals surface area contributed by atoms with Crippen LogP contribution in [0.1, 0.15) is 48.5 Å². The van der Waals surface area contributed by atoms with E-state index in [-0.39, 0.29) is 0 Å². The quantitative estimate of drug-likeness (QED) is 0.634. The van der Waals surface area contributed by atoms with Crippen LogP contribution in [0.15, 0.2) is 72.9 Å². The number of hydrogen-bond acceptors (Lipinski definition) is 3. The van der Waals surface area contributed by atoms with E-state index < -0.39 is 5.97 Å². The van der Waals surface area contributed by atoms with Crippen molar-refractivity contribution in [1.29, 1.82) is 0 Å². The van der Waals surface area contributed by atoms with Crippen molar-refractivity contribution in [3.8, 4) is 11.3 Å². The van der Waals surface area contributed by atoms with Crippen LogP contribution in [-0.4, -0.2) is 16.1 Å². The fraction of sp³-hybridized carbons (Fsp3) is 0.217. The minimum absolute atomic E-state index is 0.402. The van der Waals surface area contributed by atoms with Crippen LogP contribution in [0.5, 0.6) is 0 Å². The highest BCUT2D eigenvalue weighted by molar-refractivity contribution is 5.87. The zero-order valence-electron chi connectivity index (χ0n) is 15.8. The van der Waals surface area contributed by atoms with Crippen molar-refractivity contribution in [2.75, 3.05) is 5.73 Å². The Bertz CT molecular complexity index is 842. The van der Waals surface area contributed by atoms with Crippen LogP contribution in [0.2, 0.25) is 0 Å². The van der Waals surface area contributed by atoms with Gasteiger partial charge in [-0.25, -0.2) is 4.79 Å². The van der Waals surface area contributed by atoms with E-state index >= 15 is 0 Å². The molecule has 4 nitrogen and oxygen atoms in total. The van der Waals surface area contributed by atoms with Crippen molar-refractivity contribution >= 4 is 11.7 Å². The summed E-state index contributed by atoms with van der Waals surface area (Å²) in [5.41, 5.74) is 9.88. The summed E-state index contributed by atoms with van der Waals surface area (Å²) in [4.78, 5) is 14.8. The van der Waals surface area contributed by atoms with E-state index in [0.717, 1.165) is 11.3 Å². The molecule has 1 aliphatic rings. The number of nitrogen functional groups attached to an aromatic ring is 1. The molecule has 1 aliphatic carbocycles. The van der Waals surface area contributed by atoms with Gasteiger partial charge in [0.15, 0.2) is 0 Å². The number of carboxylic acid groups (broad SMARTS) is 1. The van der Waals surface area contributed by atoms with Gasteiger partial charge >= 0.3 is 5.97 Å². The molecule has 0 bridgehead atoms. The number of hydrogen-bond donors (Lipinski definition) is 2. The Morgan fingerprint density at radius 3 is 2.26 bits per heavy atom. The molecule has 0 saturated heterocycles. The Morgan fingerprint density at radius 2 is 1.70 bits per heavy atom. The first-order valence-corrected chi connectivity index (χ1v) is 9.23. The average Bonchev–Trinajstić information content (AvgIpc) is 3.57. The number of anilines is 1. The van der Waals surface area contributed by atoms with Crippen molar-refractivity contribution in [3.63, 3.8) is 0 Å². The zero-order valence-corrected chi connectivity index (χ0v) is 15.8. The Kier molecular flexibility index (Phi) is 7.56. The van der Waals surface area contributed by atoms with E-state index in [1.54, 1.807) is 18.3 Å². The lowest BCUT2D eigenvalue weighted by atomic mass is 10.1. The van der Waals surface area contributed by atoms with E-state index in [9.17, 15) is 4.79 Å². The first kappa shape index (κ1) is 20.2. The summed E-state index contributed by atoms with van der Waals surface area (Å²) < 4.78 is 0. The van der Waals surface area contributed by atoms with E-state index in [2.05, 4.69) is 4.98 Å². The molecule has 1 heterocycles. The van der Waals surface area contributed by atoms with Crippen LogP contribution < -0.4 is 5.73 Å². The highest BCUT2D eigenvalue weighted by Crippen LogP contribution is 2.40. The van der Waals surface area contributed by atoms with Gasteiger partial charge < -0.3 is 10.8 Å². The Labute approximate surface area is 160 Å². The summed E-state index contributed by atoms with van der Waals surface area (Å²) in [5.74, 6) is -0.207. The second-order valence-electron chi connectivity index (χ2n) is 6.05. The predicted octanol–water partition coefficient (Wildman–Crippen LogP) is 5.62. The fourth-order valence-electron chi connectivity index (χ4n) is 2.53. The van der Waals surface area contributed by atoms with Crippen LogP contribution >= 0.6 is 0 Å². The maximum Gasteiger partial charge on any atom is 0.335 e. The first-order valence-electron chi connectivity index (χ1n) is 9.23. The summed E-state index contributed by atoms with van der Waals surface area (Å²) in [6, 6.07) is 21.0. The summed E-state index contributed by atoms with van der Waals surface area (Å²) in [6.07, 6.45) is 4.09. The maximum atomic E-state index is 10.6. The van der Waals surface area contributed by atoms with Gasteiger partial charge in [0, 0.05) is 5.56 Å². The van der Waals surface area contributed by atoms with Gasteiger partial charge in [0.25, 0.3) is 0 Å². The molecular formula is C23H26N2O2. The van der Waals surface area contributed by atoms with Crippen molar-refractivity contribution in [3.05, 3.63) is 84.1 Å². The number of nitrogens with zero attached hydrogens (tertiary/aromatic N) is 1. The van der Waals surface area contributed by atoms with Crippen LogP contribution in [0.4, 0.5) is 5.69 Å². The maximum absolute atomic E-state index is 10.6. The summed E-state index contributed by atoms with van der Waals surface area (Å²) in [5, 5.41) is 8.71. The van der Waals surface area contributed by atoms with Crippen LogP contribution in [0.25, 0.3) is 11.3 Å². The molecular weight excluding hydrogens is 336 g/mol. The number of aromatic nitrogens is 1. The molecule has 4 rings (SSSR count). The van der Waals surface area contributed by atoms with E-state index in [1.807, 2.05) is 68.4 Å². The van der Waals surface area contributed by atoms with Gasteiger partial charge in [0.1, 0.15) is 0 Å². The Morgan fingerprint density at radius 1 is 1.00 bits per heavy atom. The lowest BCUT2D eigenvalue weighted by molar-refractivity contribution is 0.0697. The Hall–Kier alpha value is -3.14. The average molecular weight is 362 g/mol. The summed E-state index contributed by atoms with van der Waals surface area (Å²) >= 11 is 0. The van der Waals surface area contributed by atoms with Crippen molar-refractivity contribution in [1.82, 2.24) is 4.98 Å². The van der Waals surface area contributed by atoms with Crippen LogP contribution in [0.3, 0.4) is 0 Å². The van der Waals surface area contributed by atoms with Crippen molar-refractivity contribution in [2.24, 2.45) is 0 Å². The normalized spacial score (nSPS) is 12.1. The van der Waals surface area contributed by atoms with E-state index in [4.69, 9.17) is 10.8 Å². The second kappa shape index (κ2) is 10.1. The third kappa shape index (κ3) is 6.26. The molecule has 3 aromatic rings. The lowest BCUT2D eigenvalue weighted by Crippen LogP contribution is -1.96. The molecule has 0 atom stereocenters. The molecule has 0 unspecified atom stereocenters. The lowest BCUT2D eigenvalue weighted by Gasteiger charge is -1.99. The number of rotatable bonds is 3. The van der Waals surface area contributed by atoms with Gasteiger partial charge in [0.2, 0.25) is 0 Å². The van der Waals surface area contributed by atoms with E-state index in [0.29, 0.717) is 17.2 Å². The topological polar surface area (TPSA) is 76.2 Å². The molecule has 4 heteroatoms. The molecule has 1 saturated carbocycles. The van der Waals surface area contributed by atoms with Crippen molar-refractivity contribution < 1.29 is 9.90 Å². The monoisotopic (exact) mass is 362 g/mol. The van der Waals surface area contributed by atoms with Crippen LogP contribution in [0, 0.1) is 0 Å². The Balaban J connectivity index is 0.000000178. The molecule has 140 valence electrons. The largest absolute Gasteiger partial charge is 0.478 e. The minimum atomic E-state index is -0.836. The summed E-state index contributed by atoms with van der Waals surface area (Å²) in [7, 11) is 0. The SMILES string of the molecule is CC.Nc1ccc(-c2ccccc2)nc1.O=C(O)c1cccc(C2CC2)c1. The molecule has 2 aromatic carbocycles. The second-order valence-corrected chi connectivity index (χ2v) is 6.05. The number of carboxylic acids is 1. The standard InChI is InChI=1S/C11H10N2.C10H10O2.C2H6/c12-10-6-7-11(13-8-10)9-4-2-1-3-5-9;11-10(12)9-3-1-2-8(6-9)7-4-5-7;1-2/h1-8H,12H2;1-3,6-7H,4-5H2,(H,11,12);1-2H3. The van der Waals surface area contributed by atoms with Gasteiger partial charge in [0.05, 0.1) is 23.1 Å². The fourth-order valence-corrected chi connectivity index (χ4v) is 2.53. The molecule has 0 radical (unpaired) electrons. The van der Waals surface area contributed by atoms with Gasteiger partial charge in [-0.05, 0) is 48.6 Å². The van der Waals surface area contributed by atoms with Gasteiger partial charge in [-0.15, -0.1) is 0 Å². The third-order valence-electron chi connectivity index (χ3n) is 4.04. The minimum Gasteiger partial charge on any atom is -0.478 e. The molecule has 1 fully saturated rings. The smallest absolute Gasteiger partial charge is 0.335 e. The highest BCUT2D eigenvalue weighted by Gasteiger charge is 2.23. The first-order chi connectivity index (χ1) is 13.1. The van der Waals surface area contributed by atoms with Crippen LogP contribution in [-0.2, 0) is 0 Å². The number of nitrogens with two attached hydrogens (primary N) is 1. The molecule has 1 aromatic heterocycles.